The molecule has 0 aromatic carbocycles. The van der Waals surface area contributed by atoms with Gasteiger partial charge in [-0.05, 0) is 38.4 Å². The van der Waals surface area contributed by atoms with Gasteiger partial charge in [0.2, 0.25) is 5.91 Å². The number of hydrogen-bond donors (Lipinski definition) is 2. The molecule has 0 heterocycles. The van der Waals surface area contributed by atoms with E-state index in [0.717, 1.165) is 30.9 Å². The van der Waals surface area contributed by atoms with E-state index in [0.29, 0.717) is 12.5 Å². The highest BCUT2D eigenvalue weighted by Crippen LogP contribution is 2.31. The van der Waals surface area contributed by atoms with Gasteiger partial charge >= 0.3 is 0 Å². The van der Waals surface area contributed by atoms with E-state index in [-0.39, 0.29) is 11.4 Å². The summed E-state index contributed by atoms with van der Waals surface area (Å²) < 4.78 is 0. The Morgan fingerprint density at radius 1 is 1.41 bits per heavy atom. The van der Waals surface area contributed by atoms with Crippen molar-refractivity contribution in [2.24, 2.45) is 5.73 Å². The van der Waals surface area contributed by atoms with E-state index in [1.165, 1.54) is 19.3 Å². The van der Waals surface area contributed by atoms with Crippen LogP contribution in [0.2, 0.25) is 0 Å². The number of rotatable bonds is 4. The summed E-state index contributed by atoms with van der Waals surface area (Å²) in [4.78, 5) is 12.0. The standard InChI is InChI=1S/C13H24N2OS/c1-17-11-5-4-10(8-11)15-12(16)9-13(14)6-2-3-7-13/h10-11H,2-9,14H2,1H3,(H,15,16). The van der Waals surface area contributed by atoms with Gasteiger partial charge in [0, 0.05) is 23.3 Å². The fourth-order valence-electron chi connectivity index (χ4n) is 3.14. The number of carbonyl (C=O) groups excluding carboxylic acids is 1. The molecule has 2 saturated carbocycles. The van der Waals surface area contributed by atoms with Gasteiger partial charge in [-0.3, -0.25) is 4.79 Å². The summed E-state index contributed by atoms with van der Waals surface area (Å²) in [6, 6.07) is 0.393. The van der Waals surface area contributed by atoms with Gasteiger partial charge in [0.25, 0.3) is 0 Å². The lowest BCUT2D eigenvalue weighted by atomic mass is 9.94. The number of carbonyl (C=O) groups is 1. The molecule has 0 radical (unpaired) electrons. The summed E-state index contributed by atoms with van der Waals surface area (Å²) in [5.41, 5.74) is 6.02. The van der Waals surface area contributed by atoms with E-state index in [9.17, 15) is 4.79 Å². The zero-order chi connectivity index (χ0) is 12.3. The van der Waals surface area contributed by atoms with Crippen LogP contribution in [0.3, 0.4) is 0 Å². The molecule has 2 unspecified atom stereocenters. The van der Waals surface area contributed by atoms with Crippen LogP contribution in [0, 0.1) is 0 Å². The Kier molecular flexibility index (Phi) is 4.36. The Balaban J connectivity index is 1.74. The predicted molar refractivity (Wildman–Crippen MR) is 73.1 cm³/mol. The Morgan fingerprint density at radius 3 is 2.71 bits per heavy atom. The molecule has 0 spiro atoms. The molecule has 2 aliphatic carbocycles. The molecule has 2 fully saturated rings. The quantitative estimate of drug-likeness (QED) is 0.809. The molecule has 3 nitrogen and oxygen atoms in total. The van der Waals surface area contributed by atoms with E-state index in [1.54, 1.807) is 0 Å². The molecule has 1 amide bonds. The van der Waals surface area contributed by atoms with Crippen molar-refractivity contribution in [1.29, 1.82) is 0 Å². The van der Waals surface area contributed by atoms with Gasteiger partial charge < -0.3 is 11.1 Å². The van der Waals surface area contributed by atoms with Crippen LogP contribution in [-0.4, -0.2) is 29.0 Å². The van der Waals surface area contributed by atoms with Crippen LogP contribution in [0.25, 0.3) is 0 Å². The molecule has 2 aliphatic rings. The second kappa shape index (κ2) is 5.61. The van der Waals surface area contributed by atoms with E-state index in [1.807, 2.05) is 11.8 Å². The summed E-state index contributed by atoms with van der Waals surface area (Å²) in [5.74, 6) is 0.168. The fraction of sp³-hybridized carbons (Fsp3) is 0.923. The minimum Gasteiger partial charge on any atom is -0.353 e. The number of thioether (sulfide) groups is 1. The first-order valence-electron chi connectivity index (χ1n) is 6.72. The molecule has 98 valence electrons. The summed E-state index contributed by atoms with van der Waals surface area (Å²) in [7, 11) is 0. The topological polar surface area (TPSA) is 55.1 Å². The van der Waals surface area contributed by atoms with E-state index >= 15 is 0 Å². The van der Waals surface area contributed by atoms with Crippen LogP contribution >= 0.6 is 11.8 Å². The first kappa shape index (κ1) is 13.2. The maximum absolute atomic E-state index is 12.0. The van der Waals surface area contributed by atoms with Gasteiger partial charge in [0.1, 0.15) is 0 Å². The second-order valence-corrected chi connectivity index (χ2v) is 6.82. The molecular weight excluding hydrogens is 232 g/mol. The highest BCUT2D eigenvalue weighted by Gasteiger charge is 2.33. The van der Waals surface area contributed by atoms with Crippen LogP contribution in [-0.2, 0) is 4.79 Å². The Hall–Kier alpha value is -0.220. The average Bonchev–Trinajstić information content (AvgIpc) is 2.87. The summed E-state index contributed by atoms with van der Waals surface area (Å²) in [6.45, 7) is 0. The molecule has 4 heteroatoms. The zero-order valence-electron chi connectivity index (χ0n) is 10.7. The molecular formula is C13H24N2OS. The molecule has 2 atom stereocenters. The van der Waals surface area contributed by atoms with Gasteiger partial charge in [0.05, 0.1) is 0 Å². The summed E-state index contributed by atoms with van der Waals surface area (Å²) in [6.07, 6.45) is 10.6. The fourth-order valence-corrected chi connectivity index (χ4v) is 3.94. The molecule has 0 bridgehead atoms. The highest BCUT2D eigenvalue weighted by atomic mass is 32.2. The van der Waals surface area contributed by atoms with Gasteiger partial charge in [0.15, 0.2) is 0 Å². The van der Waals surface area contributed by atoms with Gasteiger partial charge in [-0.1, -0.05) is 12.8 Å². The Morgan fingerprint density at radius 2 is 2.12 bits per heavy atom. The molecule has 0 aliphatic heterocycles. The lowest BCUT2D eigenvalue weighted by Crippen LogP contribution is -2.44. The van der Waals surface area contributed by atoms with Crippen molar-refractivity contribution in [3.05, 3.63) is 0 Å². The number of nitrogens with one attached hydrogen (secondary N) is 1. The smallest absolute Gasteiger partial charge is 0.222 e. The van der Waals surface area contributed by atoms with Crippen molar-refractivity contribution in [1.82, 2.24) is 5.32 Å². The van der Waals surface area contributed by atoms with Crippen molar-refractivity contribution in [3.8, 4) is 0 Å². The number of nitrogens with two attached hydrogens (primary N) is 1. The monoisotopic (exact) mass is 256 g/mol. The SMILES string of the molecule is CSC1CCC(NC(=O)CC2(N)CCCC2)C1. The van der Waals surface area contributed by atoms with Crippen molar-refractivity contribution < 1.29 is 4.79 Å². The Bertz CT molecular complexity index is 277. The molecule has 17 heavy (non-hydrogen) atoms. The summed E-state index contributed by atoms with van der Waals surface area (Å²) in [5, 5.41) is 3.90. The maximum Gasteiger partial charge on any atom is 0.222 e. The van der Waals surface area contributed by atoms with Gasteiger partial charge in [-0.15, -0.1) is 0 Å². The lowest BCUT2D eigenvalue weighted by molar-refractivity contribution is -0.122. The van der Waals surface area contributed by atoms with Crippen molar-refractivity contribution in [2.45, 2.75) is 68.2 Å². The third-order valence-electron chi connectivity index (χ3n) is 4.19. The highest BCUT2D eigenvalue weighted by molar-refractivity contribution is 7.99. The van der Waals surface area contributed by atoms with E-state index in [4.69, 9.17) is 5.73 Å². The summed E-state index contributed by atoms with van der Waals surface area (Å²) >= 11 is 1.92. The van der Waals surface area contributed by atoms with Crippen LogP contribution in [0.1, 0.15) is 51.4 Å². The molecule has 3 N–H and O–H groups in total. The third kappa shape index (κ3) is 3.62. The minimum absolute atomic E-state index is 0.168. The van der Waals surface area contributed by atoms with Crippen molar-refractivity contribution in [2.75, 3.05) is 6.26 Å². The van der Waals surface area contributed by atoms with Crippen molar-refractivity contribution >= 4 is 17.7 Å². The molecule has 0 saturated heterocycles. The zero-order valence-corrected chi connectivity index (χ0v) is 11.5. The van der Waals surface area contributed by atoms with Gasteiger partial charge in [-0.2, -0.15) is 11.8 Å². The van der Waals surface area contributed by atoms with E-state index < -0.39 is 0 Å². The average molecular weight is 256 g/mol. The number of hydrogen-bond acceptors (Lipinski definition) is 3. The van der Waals surface area contributed by atoms with Crippen LogP contribution < -0.4 is 11.1 Å². The van der Waals surface area contributed by atoms with Crippen LogP contribution in [0.15, 0.2) is 0 Å². The molecule has 2 rings (SSSR count). The molecule has 0 aromatic heterocycles. The maximum atomic E-state index is 12.0. The van der Waals surface area contributed by atoms with E-state index in [2.05, 4.69) is 11.6 Å². The Labute approximate surface area is 108 Å². The normalized spacial score (nSPS) is 31.6. The largest absolute Gasteiger partial charge is 0.353 e. The first-order chi connectivity index (χ1) is 8.11. The van der Waals surface area contributed by atoms with Crippen molar-refractivity contribution in [3.63, 3.8) is 0 Å². The number of amides is 1. The molecule has 0 aromatic rings. The second-order valence-electron chi connectivity index (χ2n) is 5.68. The lowest BCUT2D eigenvalue weighted by Gasteiger charge is -2.23. The minimum atomic E-state index is -0.207. The van der Waals surface area contributed by atoms with Crippen LogP contribution in [0.5, 0.6) is 0 Å². The van der Waals surface area contributed by atoms with Gasteiger partial charge in [-0.25, -0.2) is 0 Å². The first-order valence-corrected chi connectivity index (χ1v) is 8.01. The van der Waals surface area contributed by atoms with Crippen LogP contribution in [0.4, 0.5) is 0 Å². The third-order valence-corrected chi connectivity index (χ3v) is 5.29. The predicted octanol–water partition coefficient (Wildman–Crippen LogP) is 2.05.